The number of hydrogen-bond acceptors (Lipinski definition) is 13. The van der Waals surface area contributed by atoms with Crippen molar-refractivity contribution in [3.63, 3.8) is 0 Å². The predicted octanol–water partition coefficient (Wildman–Crippen LogP) is -3.23. The van der Waals surface area contributed by atoms with Crippen molar-refractivity contribution in [2.75, 3.05) is 24.6 Å². The van der Waals surface area contributed by atoms with Crippen molar-refractivity contribution in [3.8, 4) is 0 Å². The lowest BCUT2D eigenvalue weighted by molar-refractivity contribution is -0.140. The van der Waals surface area contributed by atoms with E-state index < -0.39 is 84.8 Å². The van der Waals surface area contributed by atoms with Crippen LogP contribution in [0.15, 0.2) is 0 Å². The lowest BCUT2D eigenvalue weighted by atomic mass is 10.1. The molecule has 0 spiro atoms. The molecule has 0 aromatic heterocycles. The van der Waals surface area contributed by atoms with Gasteiger partial charge in [0.2, 0.25) is 23.6 Å². The molecule has 0 aliphatic heterocycles. The maximum absolute atomic E-state index is 12.4. The molecule has 0 aliphatic rings. The standard InChI is InChI=1S/C20H32N6O12S3/c21-9(19(35)36)1-3-13(27)25-11(17(33)23-5-15(29)30)7-39-41-40-8-12(18(34)24-6-16(31)32)26-14(28)4-2-10(22)20(37)38/h9-12H,1-8,21-22H2,(H,23,33)(H,24,34)(H,25,27)(H,26,28)(H,29,30)(H,31,32)(H,35,36)(H,37,38)/t9-,10-,11+,12+/m0/s1. The molecule has 4 amide bonds. The molecule has 21 heteroatoms. The molecule has 18 nitrogen and oxygen atoms in total. The predicted molar refractivity (Wildman–Crippen MR) is 147 cm³/mol. The zero-order valence-electron chi connectivity index (χ0n) is 21.4. The molecule has 0 rings (SSSR count). The Morgan fingerprint density at radius 2 is 0.951 bits per heavy atom. The van der Waals surface area contributed by atoms with Gasteiger partial charge in [-0.2, -0.15) is 0 Å². The Morgan fingerprint density at radius 1 is 0.610 bits per heavy atom. The van der Waals surface area contributed by atoms with E-state index in [1.165, 1.54) is 0 Å². The summed E-state index contributed by atoms with van der Waals surface area (Å²) in [6, 6.07) is -5.02. The van der Waals surface area contributed by atoms with E-state index in [0.717, 1.165) is 31.4 Å². The van der Waals surface area contributed by atoms with Crippen molar-refractivity contribution < 1.29 is 58.8 Å². The summed E-state index contributed by atoms with van der Waals surface area (Å²) in [5.41, 5.74) is 10.7. The zero-order chi connectivity index (χ0) is 31.5. The molecule has 12 N–H and O–H groups in total. The minimum atomic E-state index is -1.33. The van der Waals surface area contributed by atoms with Gasteiger partial charge in [-0.1, -0.05) is 21.6 Å². The van der Waals surface area contributed by atoms with Crippen molar-refractivity contribution in [3.05, 3.63) is 0 Å². The molecule has 0 aromatic rings. The Kier molecular flexibility index (Phi) is 18.9. The molecule has 0 saturated carbocycles. The second-order valence-corrected chi connectivity index (χ2v) is 12.4. The number of rotatable bonds is 22. The second-order valence-electron chi connectivity index (χ2n) is 8.07. The number of hydrogen-bond donors (Lipinski definition) is 10. The van der Waals surface area contributed by atoms with Crippen LogP contribution >= 0.6 is 31.4 Å². The maximum Gasteiger partial charge on any atom is 0.322 e. The van der Waals surface area contributed by atoms with Crippen molar-refractivity contribution in [2.45, 2.75) is 49.9 Å². The first kappa shape index (κ1) is 37.7. The van der Waals surface area contributed by atoms with Crippen LogP contribution in [0, 0.1) is 0 Å². The second kappa shape index (κ2) is 20.6. The van der Waals surface area contributed by atoms with Crippen molar-refractivity contribution in [1.29, 1.82) is 0 Å². The third kappa shape index (κ3) is 18.7. The lowest BCUT2D eigenvalue weighted by Crippen LogP contribution is -2.49. The van der Waals surface area contributed by atoms with Crippen LogP contribution in [0.2, 0.25) is 0 Å². The van der Waals surface area contributed by atoms with Gasteiger partial charge in [0.1, 0.15) is 37.3 Å². The molecule has 0 bridgehead atoms. The summed E-state index contributed by atoms with van der Waals surface area (Å²) in [5.74, 6) is -8.49. The van der Waals surface area contributed by atoms with Crippen LogP contribution in [-0.2, 0) is 38.4 Å². The molecule has 0 saturated heterocycles. The Bertz CT molecular complexity index is 898. The van der Waals surface area contributed by atoms with Gasteiger partial charge in [-0.05, 0) is 22.7 Å². The largest absolute Gasteiger partial charge is 0.480 e. The van der Waals surface area contributed by atoms with Crippen LogP contribution in [0.1, 0.15) is 25.7 Å². The van der Waals surface area contributed by atoms with Gasteiger partial charge in [0.15, 0.2) is 0 Å². The molecule has 0 aromatic carbocycles. The van der Waals surface area contributed by atoms with Gasteiger partial charge in [-0.3, -0.25) is 38.4 Å². The number of amides is 4. The Balaban J connectivity index is 5.05. The summed E-state index contributed by atoms with van der Waals surface area (Å²) in [6.45, 7) is -1.43. The maximum atomic E-state index is 12.4. The number of carbonyl (C=O) groups is 8. The van der Waals surface area contributed by atoms with Crippen LogP contribution in [0.4, 0.5) is 0 Å². The molecule has 0 heterocycles. The lowest BCUT2D eigenvalue weighted by Gasteiger charge is -2.19. The highest BCUT2D eigenvalue weighted by atomic mass is 33.5. The first-order valence-corrected chi connectivity index (χ1v) is 15.4. The van der Waals surface area contributed by atoms with Gasteiger partial charge in [0.05, 0.1) is 0 Å². The van der Waals surface area contributed by atoms with Crippen LogP contribution in [0.25, 0.3) is 0 Å². The summed E-state index contributed by atoms with van der Waals surface area (Å²) in [5, 5.41) is 44.2. The minimum Gasteiger partial charge on any atom is -0.480 e. The number of nitrogens with two attached hydrogens (primary N) is 2. The van der Waals surface area contributed by atoms with Crippen molar-refractivity contribution >= 4 is 78.9 Å². The highest BCUT2D eigenvalue weighted by Gasteiger charge is 2.25. The highest BCUT2D eigenvalue weighted by molar-refractivity contribution is 9.09. The summed E-state index contributed by atoms with van der Waals surface area (Å²) < 4.78 is 0. The van der Waals surface area contributed by atoms with Gasteiger partial charge in [-0.25, -0.2) is 0 Å². The van der Waals surface area contributed by atoms with Crippen molar-refractivity contribution in [2.24, 2.45) is 11.5 Å². The molecule has 4 atom stereocenters. The summed E-state index contributed by atoms with van der Waals surface area (Å²) in [6.07, 6.45) is -1.04. The third-order valence-corrected chi connectivity index (χ3v) is 8.95. The van der Waals surface area contributed by atoms with E-state index in [1.807, 2.05) is 0 Å². The average Bonchev–Trinajstić information content (AvgIpc) is 2.89. The van der Waals surface area contributed by atoms with Crippen LogP contribution in [-0.4, -0.2) is 117 Å². The number of nitrogens with one attached hydrogen (secondary N) is 4. The van der Waals surface area contributed by atoms with E-state index in [9.17, 15) is 38.4 Å². The molecule has 41 heavy (non-hydrogen) atoms. The van der Waals surface area contributed by atoms with E-state index in [4.69, 9.17) is 31.9 Å². The quantitative estimate of drug-likeness (QED) is 0.0409. The van der Waals surface area contributed by atoms with Gasteiger partial charge in [-0.15, -0.1) is 0 Å². The summed E-state index contributed by atoms with van der Waals surface area (Å²) >= 11 is 0. The number of carbonyl (C=O) groups excluding carboxylic acids is 4. The van der Waals surface area contributed by atoms with E-state index >= 15 is 0 Å². The third-order valence-electron chi connectivity index (χ3n) is 4.70. The van der Waals surface area contributed by atoms with Crippen molar-refractivity contribution in [1.82, 2.24) is 21.3 Å². The molecule has 0 radical (unpaired) electrons. The molecular weight excluding hydrogens is 612 g/mol. The topological polar surface area (TPSA) is 318 Å². The number of carboxylic acids is 4. The Morgan fingerprint density at radius 3 is 1.24 bits per heavy atom. The first-order valence-electron chi connectivity index (χ1n) is 11.6. The fourth-order valence-electron chi connectivity index (χ4n) is 2.52. The molecule has 0 fully saturated rings. The zero-order valence-corrected chi connectivity index (χ0v) is 23.9. The first-order chi connectivity index (χ1) is 19.1. The molecular formula is C20H32N6O12S3. The number of carboxylic acid groups (broad SMARTS) is 4. The highest BCUT2D eigenvalue weighted by Crippen LogP contribution is 2.35. The Hall–Kier alpha value is -3.27. The van der Waals surface area contributed by atoms with E-state index in [1.54, 1.807) is 0 Å². The van der Waals surface area contributed by atoms with E-state index in [-0.39, 0.29) is 37.2 Å². The summed E-state index contributed by atoms with van der Waals surface area (Å²) in [7, 11) is 3.08. The summed E-state index contributed by atoms with van der Waals surface area (Å²) in [4.78, 5) is 92.2. The van der Waals surface area contributed by atoms with E-state index in [2.05, 4.69) is 21.3 Å². The van der Waals surface area contributed by atoms with Gasteiger partial charge in [0, 0.05) is 24.3 Å². The monoisotopic (exact) mass is 644 g/mol. The molecule has 0 unspecified atom stereocenters. The van der Waals surface area contributed by atoms with Crippen LogP contribution < -0.4 is 32.7 Å². The van der Waals surface area contributed by atoms with Crippen LogP contribution in [0.3, 0.4) is 0 Å². The molecule has 0 aliphatic carbocycles. The molecule has 232 valence electrons. The fraction of sp³-hybridized carbons (Fsp3) is 0.600. The van der Waals surface area contributed by atoms with Gasteiger partial charge >= 0.3 is 23.9 Å². The fourth-order valence-corrected chi connectivity index (χ4v) is 6.40. The van der Waals surface area contributed by atoms with Gasteiger partial charge in [0.25, 0.3) is 0 Å². The van der Waals surface area contributed by atoms with Crippen LogP contribution in [0.5, 0.6) is 0 Å². The van der Waals surface area contributed by atoms with E-state index in [0.29, 0.717) is 0 Å². The normalized spacial score (nSPS) is 13.5. The van der Waals surface area contributed by atoms with Gasteiger partial charge < -0.3 is 53.2 Å². The average molecular weight is 645 g/mol. The Labute approximate surface area is 244 Å². The SMILES string of the molecule is N[C@@H](CCC(=O)N[C@H](CSSSC[C@@H](NC(=O)CC[C@H](N)C(=O)O)C(=O)NCC(=O)O)C(=O)NCC(=O)O)C(=O)O. The number of aliphatic carboxylic acids is 4. The smallest absolute Gasteiger partial charge is 0.322 e. The minimum absolute atomic E-state index is 0.0881.